The predicted octanol–water partition coefficient (Wildman–Crippen LogP) is 4.85. The van der Waals surface area contributed by atoms with E-state index in [1.54, 1.807) is 43.3 Å². The second-order valence-electron chi connectivity index (χ2n) is 15.2. The Bertz CT molecular complexity index is 1580. The number of carboxylic acids is 1. The van der Waals surface area contributed by atoms with Crippen LogP contribution in [-0.4, -0.2) is 101 Å². The first-order chi connectivity index (χ1) is 25.4. The number of anilines is 1. The molecule has 0 bridgehead atoms. The van der Waals surface area contributed by atoms with Crippen molar-refractivity contribution in [3.05, 3.63) is 45.9 Å². The Morgan fingerprint density at radius 3 is 2.30 bits per heavy atom. The average molecular weight is 772 g/mol. The normalized spacial score (nSPS) is 19.2. The van der Waals surface area contributed by atoms with Gasteiger partial charge in [0.25, 0.3) is 5.91 Å². The number of hydrogen-bond acceptors (Lipinski definition) is 10. The lowest BCUT2D eigenvalue weighted by Gasteiger charge is -2.38. The van der Waals surface area contributed by atoms with Crippen molar-refractivity contribution >= 4 is 46.8 Å². The molecule has 54 heavy (non-hydrogen) atoms. The van der Waals surface area contributed by atoms with E-state index in [1.807, 2.05) is 58.7 Å². The molecule has 300 valence electrons. The lowest BCUT2D eigenvalue weighted by Crippen LogP contribution is -2.60. The molecule has 6 N–H and O–H groups in total. The average Bonchev–Trinajstić information content (AvgIpc) is 3.76. The summed E-state index contributed by atoms with van der Waals surface area (Å²) in [7, 11) is 3.64. The van der Waals surface area contributed by atoms with Crippen LogP contribution in [0.1, 0.15) is 108 Å². The number of nitrogen functional groups attached to an aromatic ring is 1. The largest absolute Gasteiger partial charge is 0.481 e. The highest BCUT2D eigenvalue weighted by atomic mass is 32.1. The van der Waals surface area contributed by atoms with Gasteiger partial charge in [0.1, 0.15) is 16.7 Å². The van der Waals surface area contributed by atoms with E-state index in [-0.39, 0.29) is 42.2 Å². The number of carbonyl (C=O) groups excluding carboxylic acids is 4. The fraction of sp³-hybridized carbons (Fsp3) is 0.641. The first-order valence-electron chi connectivity index (χ1n) is 19.0. The number of amides is 4. The summed E-state index contributed by atoms with van der Waals surface area (Å²) >= 11 is 1.16. The van der Waals surface area contributed by atoms with E-state index in [0.29, 0.717) is 36.5 Å². The molecule has 14 nitrogen and oxygen atoms in total. The summed E-state index contributed by atoms with van der Waals surface area (Å²) in [5, 5.41) is 20.2. The van der Waals surface area contributed by atoms with Crippen molar-refractivity contribution in [2.75, 3.05) is 32.9 Å². The maximum atomic E-state index is 14.3. The van der Waals surface area contributed by atoms with Gasteiger partial charge in [-0.1, -0.05) is 53.2 Å². The van der Waals surface area contributed by atoms with Crippen LogP contribution in [0, 0.1) is 17.8 Å². The Morgan fingerprint density at radius 1 is 1.07 bits per heavy atom. The number of aliphatic carboxylic acids is 1. The number of likely N-dealkylation sites (tertiary alicyclic amines) is 1. The molecule has 2 heterocycles. The molecule has 1 fully saturated rings. The third kappa shape index (κ3) is 11.6. The summed E-state index contributed by atoms with van der Waals surface area (Å²) in [6, 6.07) is 5.47. The van der Waals surface area contributed by atoms with Gasteiger partial charge < -0.3 is 36.4 Å². The summed E-state index contributed by atoms with van der Waals surface area (Å²) in [6.45, 7) is 14.3. The minimum absolute atomic E-state index is 0.0842. The Balaban J connectivity index is 1.87. The molecule has 0 saturated carbocycles. The Kier molecular flexibility index (Phi) is 16.3. The van der Waals surface area contributed by atoms with Gasteiger partial charge in [0, 0.05) is 43.2 Å². The zero-order chi connectivity index (χ0) is 40.3. The monoisotopic (exact) mass is 771 g/mol. The number of thiazole rings is 1. The Labute approximate surface area is 324 Å². The molecule has 0 aliphatic carbocycles. The van der Waals surface area contributed by atoms with Crippen LogP contribution < -0.4 is 21.7 Å². The lowest BCUT2D eigenvalue weighted by molar-refractivity contribution is -0.142. The molecule has 1 aromatic heterocycles. The molecule has 4 amide bonds. The quantitative estimate of drug-likeness (QED) is 0.123. The van der Waals surface area contributed by atoms with Crippen molar-refractivity contribution in [2.24, 2.45) is 17.8 Å². The number of carbonyl (C=O) groups is 5. The van der Waals surface area contributed by atoms with Crippen molar-refractivity contribution in [1.29, 1.82) is 0 Å². The number of rotatable bonds is 19. The number of likely N-dealkylation sites (N-methyl/N-ethyl adjacent to an activating group) is 2. The summed E-state index contributed by atoms with van der Waals surface area (Å²) in [6.07, 6.45) is 1.47. The van der Waals surface area contributed by atoms with Gasteiger partial charge in [0.15, 0.2) is 6.10 Å². The van der Waals surface area contributed by atoms with Gasteiger partial charge in [0.2, 0.25) is 11.8 Å². The molecule has 7 atom stereocenters. The third-order valence-corrected chi connectivity index (χ3v) is 11.7. The van der Waals surface area contributed by atoms with Crippen LogP contribution in [0.25, 0.3) is 0 Å². The number of alkyl carbamates (subject to hydrolysis) is 1. The van der Waals surface area contributed by atoms with Crippen LogP contribution in [-0.2, 0) is 25.5 Å². The zero-order valence-electron chi connectivity index (χ0n) is 33.3. The number of nitrogens with zero attached hydrogens (tertiary/aromatic N) is 3. The highest BCUT2D eigenvalue weighted by molar-refractivity contribution is 7.09. The maximum Gasteiger partial charge on any atom is 0.407 e. The SMILES string of the molecule is CCNC(=O)O[C@H](CC(C(C)C)N(C)C(=O)[C@@H](NC(=O)[C@@]1(C)CCCN1C)[C@@H](C)CC)c1nc(C(=O)N[C@@H](Cc2ccc(N)cc2)C[C@H](C)C(=O)O)cs1. The molecular formula is C39H61N7O7S. The smallest absolute Gasteiger partial charge is 0.407 e. The number of benzene rings is 1. The number of hydrogen-bond donors (Lipinski definition) is 5. The van der Waals surface area contributed by atoms with E-state index in [4.69, 9.17) is 10.5 Å². The second-order valence-corrected chi connectivity index (χ2v) is 16.1. The van der Waals surface area contributed by atoms with E-state index in [1.165, 1.54) is 0 Å². The second kappa shape index (κ2) is 19.9. The van der Waals surface area contributed by atoms with E-state index >= 15 is 0 Å². The summed E-state index contributed by atoms with van der Waals surface area (Å²) in [4.78, 5) is 74.3. The molecule has 1 aliphatic rings. The molecule has 1 saturated heterocycles. The van der Waals surface area contributed by atoms with Crippen LogP contribution in [0.15, 0.2) is 29.6 Å². The summed E-state index contributed by atoms with van der Waals surface area (Å²) in [5.41, 5.74) is 6.71. The van der Waals surface area contributed by atoms with Gasteiger partial charge in [-0.15, -0.1) is 11.3 Å². The fourth-order valence-electron chi connectivity index (χ4n) is 6.82. The highest BCUT2D eigenvalue weighted by Crippen LogP contribution is 2.32. The molecule has 0 radical (unpaired) electrons. The minimum atomic E-state index is -0.968. The van der Waals surface area contributed by atoms with Gasteiger partial charge in [-0.05, 0) is 82.7 Å². The molecular weight excluding hydrogens is 711 g/mol. The van der Waals surface area contributed by atoms with E-state index in [9.17, 15) is 29.1 Å². The molecule has 3 rings (SSSR count). The van der Waals surface area contributed by atoms with E-state index in [2.05, 4.69) is 20.9 Å². The fourth-order valence-corrected chi connectivity index (χ4v) is 7.66. The van der Waals surface area contributed by atoms with Gasteiger partial charge in [-0.3, -0.25) is 24.1 Å². The van der Waals surface area contributed by atoms with E-state index in [0.717, 1.165) is 29.9 Å². The topological polar surface area (TPSA) is 196 Å². The van der Waals surface area contributed by atoms with Gasteiger partial charge in [0.05, 0.1) is 11.5 Å². The first-order valence-corrected chi connectivity index (χ1v) is 19.9. The van der Waals surface area contributed by atoms with Crippen LogP contribution in [0.3, 0.4) is 0 Å². The lowest BCUT2D eigenvalue weighted by atomic mass is 9.91. The standard InChI is InChI=1S/C39H61N7O7S/c1-10-24(5)32(44-37(51)39(7)17-12-18-45(39)8)35(48)46(9)30(23(3)4)21-31(53-38(52)41-11-2)34-43-29(22-54-34)33(47)42-28(19-25(6)36(49)50)20-26-13-15-27(40)16-14-26/h13-16,22-25,28,30-32H,10-12,17-21,40H2,1-9H3,(H,41,52)(H,42,47)(H,44,51)(H,49,50)/t24-,25-,28+,30?,31+,32-,39+/m0/s1. The van der Waals surface area contributed by atoms with Crippen LogP contribution in [0.5, 0.6) is 0 Å². The van der Waals surface area contributed by atoms with Crippen molar-refractivity contribution in [1.82, 2.24) is 30.7 Å². The maximum absolute atomic E-state index is 14.3. The van der Waals surface area contributed by atoms with Crippen molar-refractivity contribution in [3.8, 4) is 0 Å². The highest BCUT2D eigenvalue weighted by Gasteiger charge is 2.44. The number of nitrogens with two attached hydrogens (primary N) is 1. The van der Waals surface area contributed by atoms with Gasteiger partial charge in [-0.25, -0.2) is 9.78 Å². The Morgan fingerprint density at radius 2 is 1.74 bits per heavy atom. The molecule has 1 unspecified atom stereocenters. The van der Waals surface area contributed by atoms with Gasteiger partial charge >= 0.3 is 12.1 Å². The van der Waals surface area contributed by atoms with Crippen molar-refractivity contribution in [2.45, 2.75) is 117 Å². The number of aromatic nitrogens is 1. The first kappa shape index (κ1) is 44.2. The number of carboxylic acid groups (broad SMARTS) is 1. The Hall–Kier alpha value is -4.24. The van der Waals surface area contributed by atoms with Crippen LogP contribution >= 0.6 is 11.3 Å². The molecule has 0 spiro atoms. The molecule has 1 aliphatic heterocycles. The van der Waals surface area contributed by atoms with Crippen LogP contribution in [0.2, 0.25) is 0 Å². The number of ether oxygens (including phenoxy) is 1. The van der Waals surface area contributed by atoms with E-state index < -0.39 is 53.7 Å². The predicted molar refractivity (Wildman–Crippen MR) is 210 cm³/mol. The van der Waals surface area contributed by atoms with Crippen molar-refractivity contribution in [3.63, 3.8) is 0 Å². The molecule has 1 aromatic carbocycles. The summed E-state index contributed by atoms with van der Waals surface area (Å²) < 4.78 is 5.89. The number of nitrogens with one attached hydrogen (secondary N) is 3. The zero-order valence-corrected chi connectivity index (χ0v) is 34.1. The van der Waals surface area contributed by atoms with Gasteiger partial charge in [-0.2, -0.15) is 0 Å². The third-order valence-electron chi connectivity index (χ3n) is 10.8. The van der Waals surface area contributed by atoms with Crippen molar-refractivity contribution < 1.29 is 33.8 Å². The molecule has 15 heteroatoms. The van der Waals surface area contributed by atoms with Crippen LogP contribution in [0.4, 0.5) is 10.5 Å². The molecule has 2 aromatic rings. The minimum Gasteiger partial charge on any atom is -0.481 e. The summed E-state index contributed by atoms with van der Waals surface area (Å²) in [5.74, 6) is -2.80.